The molecule has 0 unspecified atom stereocenters. The van der Waals surface area contributed by atoms with Crippen LogP contribution in [0.1, 0.15) is 85.2 Å². The summed E-state index contributed by atoms with van der Waals surface area (Å²) in [7, 11) is 0. The molecule has 3 aromatic rings. The molecular weight excluding hydrogens is 507 g/mol. The number of pyridine rings is 1. The summed E-state index contributed by atoms with van der Waals surface area (Å²) < 4.78 is 45.7. The van der Waals surface area contributed by atoms with Gasteiger partial charge in [0.25, 0.3) is 5.91 Å². The molecule has 4 rings (SSSR count). The highest BCUT2D eigenvalue weighted by atomic mass is 19.4. The van der Waals surface area contributed by atoms with Crippen molar-refractivity contribution in [2.45, 2.75) is 70.8 Å². The van der Waals surface area contributed by atoms with Crippen molar-refractivity contribution in [1.29, 1.82) is 0 Å². The summed E-state index contributed by atoms with van der Waals surface area (Å²) in [6.45, 7) is 7.00. The van der Waals surface area contributed by atoms with Crippen LogP contribution in [0, 0.1) is 0 Å². The lowest BCUT2D eigenvalue weighted by Gasteiger charge is -2.20. The molecule has 2 aromatic carbocycles. The number of rotatable bonds is 7. The van der Waals surface area contributed by atoms with Gasteiger partial charge in [-0.1, -0.05) is 30.3 Å². The molecule has 1 aromatic heterocycles. The fourth-order valence-electron chi connectivity index (χ4n) is 4.20. The summed E-state index contributed by atoms with van der Waals surface area (Å²) in [6.07, 6.45) is -1.29. The van der Waals surface area contributed by atoms with Crippen LogP contribution in [0.5, 0.6) is 0 Å². The summed E-state index contributed by atoms with van der Waals surface area (Å²) in [6, 6.07) is 13.8. The zero-order valence-corrected chi connectivity index (χ0v) is 22.4. The predicted molar refractivity (Wildman–Crippen MR) is 142 cm³/mol. The van der Waals surface area contributed by atoms with Gasteiger partial charge in [0.15, 0.2) is 0 Å². The third-order valence-electron chi connectivity index (χ3n) is 6.39. The minimum Gasteiger partial charge on any atom is -0.444 e. The Hall–Kier alpha value is -3.88. The van der Waals surface area contributed by atoms with E-state index >= 15 is 0 Å². The van der Waals surface area contributed by atoms with Crippen LogP contribution in [0.25, 0.3) is 11.1 Å². The average molecular weight is 540 g/mol. The van der Waals surface area contributed by atoms with Crippen molar-refractivity contribution in [3.63, 3.8) is 0 Å². The zero-order valence-electron chi connectivity index (χ0n) is 22.4. The van der Waals surface area contributed by atoms with E-state index in [9.17, 15) is 22.8 Å². The first kappa shape index (κ1) is 28.1. The lowest BCUT2D eigenvalue weighted by Crippen LogP contribution is -2.32. The van der Waals surface area contributed by atoms with E-state index in [-0.39, 0.29) is 18.5 Å². The van der Waals surface area contributed by atoms with E-state index < -0.39 is 23.4 Å². The van der Waals surface area contributed by atoms with E-state index in [0.29, 0.717) is 28.3 Å². The minimum absolute atomic E-state index is 0.0104. The molecule has 1 saturated carbocycles. The normalized spacial score (nSPS) is 14.4. The number of alkyl carbamates (subject to hydrolysis) is 1. The molecule has 1 heterocycles. The maximum absolute atomic E-state index is 13.5. The van der Waals surface area contributed by atoms with Crippen molar-refractivity contribution in [3.8, 4) is 11.1 Å². The summed E-state index contributed by atoms with van der Waals surface area (Å²) in [5, 5.41) is 5.55. The van der Waals surface area contributed by atoms with Crippen molar-refractivity contribution in [2.24, 2.45) is 0 Å². The van der Waals surface area contributed by atoms with Gasteiger partial charge in [-0.3, -0.25) is 9.78 Å². The van der Waals surface area contributed by atoms with Gasteiger partial charge in [-0.15, -0.1) is 0 Å². The summed E-state index contributed by atoms with van der Waals surface area (Å²) in [5.74, 6) is 0.215. The molecule has 2 amide bonds. The number of carbonyl (C=O) groups is 2. The average Bonchev–Trinajstić information content (AvgIpc) is 3.72. The van der Waals surface area contributed by atoms with Crippen molar-refractivity contribution < 1.29 is 27.5 Å². The molecule has 0 aliphatic heterocycles. The molecule has 0 radical (unpaired) electrons. The Morgan fingerprint density at radius 3 is 2.33 bits per heavy atom. The van der Waals surface area contributed by atoms with E-state index in [4.69, 9.17) is 4.74 Å². The van der Waals surface area contributed by atoms with E-state index in [1.165, 1.54) is 6.07 Å². The Morgan fingerprint density at radius 1 is 1.03 bits per heavy atom. The van der Waals surface area contributed by atoms with Crippen LogP contribution in [0.15, 0.2) is 60.8 Å². The second-order valence-electron chi connectivity index (χ2n) is 10.8. The number of halogens is 3. The topological polar surface area (TPSA) is 80.3 Å². The number of carbonyl (C=O) groups excluding carboxylic acids is 2. The van der Waals surface area contributed by atoms with Crippen molar-refractivity contribution >= 4 is 12.0 Å². The lowest BCUT2D eigenvalue weighted by atomic mass is 9.95. The molecule has 1 aliphatic carbocycles. The van der Waals surface area contributed by atoms with Crippen LogP contribution in [0.3, 0.4) is 0 Å². The highest BCUT2D eigenvalue weighted by molar-refractivity contribution is 5.92. The highest BCUT2D eigenvalue weighted by Crippen LogP contribution is 2.40. The van der Waals surface area contributed by atoms with Crippen LogP contribution >= 0.6 is 0 Å². The number of hydrogen-bond donors (Lipinski definition) is 2. The van der Waals surface area contributed by atoms with E-state index in [2.05, 4.69) is 15.6 Å². The SMILES string of the molecule is C[C@@H](NC(=O)c1cc(C2CC2)ccn1)c1ccc(-c2cc(C(F)(F)F)ccc2CNC(=O)OC(C)(C)C)cc1. The molecule has 0 spiro atoms. The van der Waals surface area contributed by atoms with Gasteiger partial charge in [-0.2, -0.15) is 13.2 Å². The number of amides is 2. The first-order chi connectivity index (χ1) is 18.3. The zero-order chi connectivity index (χ0) is 28.4. The Kier molecular flexibility index (Phi) is 7.99. The van der Waals surface area contributed by atoms with Gasteiger partial charge in [-0.25, -0.2) is 4.79 Å². The number of benzene rings is 2. The first-order valence-electron chi connectivity index (χ1n) is 12.8. The van der Waals surface area contributed by atoms with Crippen LogP contribution in [0.4, 0.5) is 18.0 Å². The van der Waals surface area contributed by atoms with Crippen LogP contribution in [0.2, 0.25) is 0 Å². The second-order valence-corrected chi connectivity index (χ2v) is 10.8. The van der Waals surface area contributed by atoms with Gasteiger partial charge in [-0.05, 0) is 98.5 Å². The maximum Gasteiger partial charge on any atom is 0.416 e. The quantitative estimate of drug-likeness (QED) is 0.334. The minimum atomic E-state index is -4.52. The van der Waals surface area contributed by atoms with Gasteiger partial charge < -0.3 is 15.4 Å². The Balaban J connectivity index is 1.51. The Labute approximate surface area is 226 Å². The fraction of sp³-hybridized carbons (Fsp3) is 0.367. The Bertz CT molecular complexity index is 1340. The largest absolute Gasteiger partial charge is 0.444 e. The molecule has 1 atom stereocenters. The molecule has 206 valence electrons. The molecule has 6 nitrogen and oxygen atoms in total. The number of nitrogens with one attached hydrogen (secondary N) is 2. The maximum atomic E-state index is 13.5. The first-order valence-corrected chi connectivity index (χ1v) is 12.8. The summed E-state index contributed by atoms with van der Waals surface area (Å²) in [4.78, 5) is 29.1. The van der Waals surface area contributed by atoms with Crippen molar-refractivity contribution in [2.75, 3.05) is 0 Å². The monoisotopic (exact) mass is 539 g/mol. The molecular formula is C30H32F3N3O3. The van der Waals surface area contributed by atoms with E-state index in [1.54, 1.807) is 51.2 Å². The molecule has 1 fully saturated rings. The molecule has 9 heteroatoms. The number of nitrogens with zero attached hydrogens (tertiary/aromatic N) is 1. The number of aromatic nitrogens is 1. The van der Waals surface area contributed by atoms with Crippen molar-refractivity contribution in [1.82, 2.24) is 15.6 Å². The summed E-state index contributed by atoms with van der Waals surface area (Å²) in [5.41, 5.74) is 2.15. The molecule has 2 N–H and O–H groups in total. The van der Waals surface area contributed by atoms with Crippen LogP contribution in [-0.2, 0) is 17.5 Å². The van der Waals surface area contributed by atoms with Gasteiger partial charge >= 0.3 is 12.3 Å². The summed E-state index contributed by atoms with van der Waals surface area (Å²) >= 11 is 0. The molecule has 0 bridgehead atoms. The number of hydrogen-bond acceptors (Lipinski definition) is 4. The van der Waals surface area contributed by atoms with E-state index in [0.717, 1.165) is 36.1 Å². The molecule has 39 heavy (non-hydrogen) atoms. The van der Waals surface area contributed by atoms with Crippen LogP contribution in [-0.4, -0.2) is 22.6 Å². The van der Waals surface area contributed by atoms with Gasteiger partial charge in [0.1, 0.15) is 11.3 Å². The lowest BCUT2D eigenvalue weighted by molar-refractivity contribution is -0.137. The predicted octanol–water partition coefficient (Wildman–Crippen LogP) is 7.16. The third kappa shape index (κ3) is 7.59. The van der Waals surface area contributed by atoms with E-state index in [1.807, 2.05) is 19.1 Å². The second kappa shape index (κ2) is 11.1. The van der Waals surface area contributed by atoms with Gasteiger partial charge in [0.05, 0.1) is 11.6 Å². The number of alkyl halides is 3. The molecule has 0 saturated heterocycles. The van der Waals surface area contributed by atoms with Crippen LogP contribution < -0.4 is 10.6 Å². The number of ether oxygens (including phenoxy) is 1. The molecule has 1 aliphatic rings. The van der Waals surface area contributed by atoms with Gasteiger partial charge in [0, 0.05) is 12.7 Å². The smallest absolute Gasteiger partial charge is 0.416 e. The Morgan fingerprint density at radius 2 is 1.72 bits per heavy atom. The fourth-order valence-corrected chi connectivity index (χ4v) is 4.20. The highest BCUT2D eigenvalue weighted by Gasteiger charge is 2.31. The van der Waals surface area contributed by atoms with Gasteiger partial charge in [0.2, 0.25) is 0 Å². The van der Waals surface area contributed by atoms with Crippen molar-refractivity contribution in [3.05, 3.63) is 88.7 Å². The third-order valence-corrected chi connectivity index (χ3v) is 6.39. The standard InChI is InChI=1S/C30H32F3N3O3/c1-18(36-27(37)26-15-22(13-14-34-26)20-7-8-20)19-5-9-21(10-6-19)25-16-24(30(31,32)33)12-11-23(25)17-35-28(38)39-29(2,3)4/h5-6,9-16,18,20H,7-8,17H2,1-4H3,(H,35,38)(H,36,37)/t18-/m1/s1.